The second-order valence-electron chi connectivity index (χ2n) is 5.36. The van der Waals surface area contributed by atoms with E-state index in [1.165, 1.54) is 12.1 Å². The van der Waals surface area contributed by atoms with Crippen molar-refractivity contribution in [1.82, 2.24) is 4.90 Å². The maximum absolute atomic E-state index is 12.8. The minimum atomic E-state index is -0.452. The summed E-state index contributed by atoms with van der Waals surface area (Å²) < 4.78 is 0.768. The highest BCUT2D eigenvalue weighted by molar-refractivity contribution is 14.1. The molecule has 0 spiro atoms. The summed E-state index contributed by atoms with van der Waals surface area (Å²) in [6.45, 7) is 2.87. The van der Waals surface area contributed by atoms with E-state index in [0.717, 1.165) is 42.2 Å². The van der Waals surface area contributed by atoms with E-state index < -0.39 is 4.92 Å². The minimum Gasteiger partial charge on any atom is -0.336 e. The minimum absolute atomic E-state index is 0.0252. The second-order valence-corrected chi connectivity index (χ2v) is 6.52. The highest BCUT2D eigenvalue weighted by atomic mass is 127. The number of likely N-dealkylation sites (tertiary alicyclic amines) is 1. The molecule has 1 amide bonds. The number of non-ortho nitro benzene ring substituents is 1. The molecule has 0 radical (unpaired) electrons. The first-order valence-electron chi connectivity index (χ1n) is 7.29. The lowest BCUT2D eigenvalue weighted by Crippen LogP contribution is -2.43. The molecule has 0 N–H and O–H groups in total. The number of carbonyl (C=O) groups is 1. The lowest BCUT2D eigenvalue weighted by atomic mass is 9.97. The number of hydrogen-bond acceptors (Lipinski definition) is 3. The van der Waals surface area contributed by atoms with Gasteiger partial charge in [-0.05, 0) is 54.3 Å². The molecule has 1 aromatic carbocycles. The van der Waals surface area contributed by atoms with Crippen molar-refractivity contribution in [2.45, 2.75) is 45.1 Å². The summed E-state index contributed by atoms with van der Waals surface area (Å²) in [6, 6.07) is 4.76. The van der Waals surface area contributed by atoms with Crippen molar-refractivity contribution in [3.63, 3.8) is 0 Å². The maximum Gasteiger partial charge on any atom is 0.270 e. The number of benzene rings is 1. The lowest BCUT2D eigenvalue weighted by molar-refractivity contribution is -0.384. The molecular weight excluding hydrogens is 383 g/mol. The summed E-state index contributed by atoms with van der Waals surface area (Å²) in [5, 5.41) is 10.9. The van der Waals surface area contributed by atoms with Gasteiger partial charge in [0.15, 0.2) is 0 Å². The highest BCUT2D eigenvalue weighted by Crippen LogP contribution is 2.26. The first kappa shape index (κ1) is 16.2. The van der Waals surface area contributed by atoms with Gasteiger partial charge in [-0.1, -0.05) is 13.3 Å². The molecule has 6 heteroatoms. The molecule has 1 fully saturated rings. The maximum atomic E-state index is 12.8. The van der Waals surface area contributed by atoms with Gasteiger partial charge in [0, 0.05) is 28.3 Å². The van der Waals surface area contributed by atoms with Crippen LogP contribution in [0.2, 0.25) is 0 Å². The first-order valence-corrected chi connectivity index (χ1v) is 8.37. The van der Waals surface area contributed by atoms with Crippen LogP contribution in [0.15, 0.2) is 18.2 Å². The van der Waals surface area contributed by atoms with Crippen LogP contribution in [0, 0.1) is 13.7 Å². The second kappa shape index (κ2) is 7.20. The van der Waals surface area contributed by atoms with Crippen molar-refractivity contribution >= 4 is 34.2 Å². The molecule has 2 rings (SSSR count). The lowest BCUT2D eigenvalue weighted by Gasteiger charge is -2.36. The van der Waals surface area contributed by atoms with Crippen molar-refractivity contribution < 1.29 is 9.72 Å². The Balaban J connectivity index is 2.29. The highest BCUT2D eigenvalue weighted by Gasteiger charge is 2.28. The first-order chi connectivity index (χ1) is 10.0. The number of nitro groups is 1. The number of nitrogens with zero attached hydrogens (tertiary/aromatic N) is 2. The van der Waals surface area contributed by atoms with Gasteiger partial charge in [0.2, 0.25) is 0 Å². The Morgan fingerprint density at radius 3 is 2.90 bits per heavy atom. The monoisotopic (exact) mass is 402 g/mol. The van der Waals surface area contributed by atoms with Crippen LogP contribution in [0.4, 0.5) is 5.69 Å². The number of rotatable bonds is 4. The number of halogens is 1. The topological polar surface area (TPSA) is 63.5 Å². The number of amides is 1. The van der Waals surface area contributed by atoms with E-state index in [0.29, 0.717) is 5.56 Å². The van der Waals surface area contributed by atoms with Gasteiger partial charge in [-0.3, -0.25) is 14.9 Å². The number of piperidine rings is 1. The van der Waals surface area contributed by atoms with Crippen LogP contribution in [0.5, 0.6) is 0 Å². The van der Waals surface area contributed by atoms with Crippen LogP contribution < -0.4 is 0 Å². The summed E-state index contributed by atoms with van der Waals surface area (Å²) >= 11 is 2.07. The molecule has 1 unspecified atom stereocenters. The normalized spacial score (nSPS) is 18.6. The third-order valence-corrected chi connectivity index (χ3v) is 4.84. The van der Waals surface area contributed by atoms with Crippen molar-refractivity contribution in [1.29, 1.82) is 0 Å². The molecule has 1 aliphatic rings. The van der Waals surface area contributed by atoms with Gasteiger partial charge >= 0.3 is 0 Å². The molecule has 21 heavy (non-hydrogen) atoms. The molecule has 1 atom stereocenters. The Hall–Kier alpha value is -1.18. The van der Waals surface area contributed by atoms with Gasteiger partial charge in [0.05, 0.1) is 10.5 Å². The molecule has 0 aromatic heterocycles. The van der Waals surface area contributed by atoms with Crippen LogP contribution in [0.25, 0.3) is 0 Å². The van der Waals surface area contributed by atoms with Crippen molar-refractivity contribution in [3.8, 4) is 0 Å². The predicted molar refractivity (Wildman–Crippen MR) is 89.4 cm³/mol. The standard InChI is InChI=1S/C15H19IN2O3/c1-2-5-11-6-3-4-9-17(11)15(19)13-10-12(18(20)21)7-8-14(13)16/h7-8,10-11H,2-6,9H2,1H3. The van der Waals surface area contributed by atoms with Crippen LogP contribution in [-0.2, 0) is 0 Å². The molecule has 1 aromatic rings. The smallest absolute Gasteiger partial charge is 0.270 e. The van der Waals surface area contributed by atoms with Gasteiger partial charge in [0.25, 0.3) is 11.6 Å². The molecule has 1 heterocycles. The fourth-order valence-electron chi connectivity index (χ4n) is 2.85. The average molecular weight is 402 g/mol. The largest absolute Gasteiger partial charge is 0.336 e. The third kappa shape index (κ3) is 3.72. The molecule has 1 aliphatic heterocycles. The zero-order chi connectivity index (χ0) is 15.4. The Kier molecular flexibility index (Phi) is 5.55. The van der Waals surface area contributed by atoms with E-state index >= 15 is 0 Å². The van der Waals surface area contributed by atoms with E-state index in [9.17, 15) is 14.9 Å². The predicted octanol–water partition coefficient (Wildman–Crippen LogP) is 3.99. The van der Waals surface area contributed by atoms with Crippen LogP contribution in [0.1, 0.15) is 49.4 Å². The third-order valence-electron chi connectivity index (χ3n) is 3.90. The molecular formula is C15H19IN2O3. The average Bonchev–Trinajstić information content (AvgIpc) is 2.47. The van der Waals surface area contributed by atoms with Gasteiger partial charge < -0.3 is 4.90 Å². The van der Waals surface area contributed by atoms with Gasteiger partial charge in [-0.25, -0.2) is 0 Å². The van der Waals surface area contributed by atoms with Crippen LogP contribution in [0.3, 0.4) is 0 Å². The van der Waals surface area contributed by atoms with Crippen molar-refractivity contribution in [2.75, 3.05) is 6.54 Å². The Morgan fingerprint density at radius 2 is 2.24 bits per heavy atom. The van der Waals surface area contributed by atoms with E-state index in [4.69, 9.17) is 0 Å². The Bertz CT molecular complexity index is 546. The van der Waals surface area contributed by atoms with Gasteiger partial charge in [-0.15, -0.1) is 0 Å². The number of hydrogen-bond donors (Lipinski definition) is 0. The van der Waals surface area contributed by atoms with Crippen LogP contribution in [-0.4, -0.2) is 28.3 Å². The Labute approximate surface area is 138 Å². The summed E-state index contributed by atoms with van der Waals surface area (Å²) in [5.74, 6) is -0.0683. The molecule has 1 saturated heterocycles. The van der Waals surface area contributed by atoms with E-state index in [2.05, 4.69) is 29.5 Å². The van der Waals surface area contributed by atoms with Gasteiger partial charge in [0.1, 0.15) is 0 Å². The molecule has 0 bridgehead atoms. The van der Waals surface area contributed by atoms with E-state index in [1.807, 2.05) is 4.90 Å². The van der Waals surface area contributed by atoms with Crippen molar-refractivity contribution in [2.24, 2.45) is 0 Å². The SMILES string of the molecule is CCCC1CCCCN1C(=O)c1cc([N+](=O)[O-])ccc1I. The van der Waals surface area contributed by atoms with Crippen LogP contribution >= 0.6 is 22.6 Å². The summed E-state index contributed by atoms with van der Waals surface area (Å²) in [5.41, 5.74) is 0.427. The van der Waals surface area contributed by atoms with E-state index in [-0.39, 0.29) is 17.6 Å². The molecule has 0 aliphatic carbocycles. The fraction of sp³-hybridized carbons (Fsp3) is 0.533. The zero-order valence-corrected chi connectivity index (χ0v) is 14.2. The quantitative estimate of drug-likeness (QED) is 0.435. The fourth-order valence-corrected chi connectivity index (χ4v) is 3.41. The summed E-state index contributed by atoms with van der Waals surface area (Å²) in [7, 11) is 0. The van der Waals surface area contributed by atoms with Gasteiger partial charge in [-0.2, -0.15) is 0 Å². The zero-order valence-electron chi connectivity index (χ0n) is 12.0. The molecule has 0 saturated carbocycles. The van der Waals surface area contributed by atoms with Crippen molar-refractivity contribution in [3.05, 3.63) is 37.4 Å². The number of carbonyl (C=O) groups excluding carboxylic acids is 1. The number of nitro benzene ring substituents is 1. The summed E-state index contributed by atoms with van der Waals surface area (Å²) in [4.78, 5) is 25.1. The molecule has 5 nitrogen and oxygen atoms in total. The summed E-state index contributed by atoms with van der Waals surface area (Å²) in [6.07, 6.45) is 5.24. The molecule has 114 valence electrons. The Morgan fingerprint density at radius 1 is 1.48 bits per heavy atom. The van der Waals surface area contributed by atoms with E-state index in [1.54, 1.807) is 6.07 Å².